The van der Waals surface area contributed by atoms with Gasteiger partial charge in [0.15, 0.2) is 6.29 Å². The molecule has 0 aliphatic rings. The zero-order valence-corrected chi connectivity index (χ0v) is 6.97. The second-order valence-corrected chi connectivity index (χ2v) is 3.20. The van der Waals surface area contributed by atoms with Crippen LogP contribution in [0.25, 0.3) is 11.4 Å². The second kappa shape index (κ2) is 2.91. The molecule has 0 radical (unpaired) electrons. The maximum absolute atomic E-state index is 10.6. The fourth-order valence-electron chi connectivity index (χ4n) is 1.02. The molecular formula is C8H6N2OS. The van der Waals surface area contributed by atoms with E-state index < -0.39 is 0 Å². The first kappa shape index (κ1) is 7.24. The molecule has 0 amide bonds. The van der Waals surface area contributed by atoms with E-state index in [9.17, 15) is 4.79 Å². The molecule has 0 aromatic carbocycles. The molecule has 0 spiro atoms. The Labute approximate surface area is 73.1 Å². The first-order valence-corrected chi connectivity index (χ1v) is 4.32. The lowest BCUT2D eigenvalue weighted by Gasteiger charge is -1.90. The molecule has 0 unspecified atom stereocenters. The normalized spacial score (nSPS) is 10.0. The summed E-state index contributed by atoms with van der Waals surface area (Å²) in [7, 11) is 0. The maximum Gasteiger partial charge on any atom is 0.160 e. The molecule has 1 N–H and O–H groups in total. The van der Waals surface area contributed by atoms with Gasteiger partial charge in [0.25, 0.3) is 0 Å². The summed E-state index contributed by atoms with van der Waals surface area (Å²) in [6.45, 7) is 0. The molecule has 2 aromatic heterocycles. The van der Waals surface area contributed by atoms with Gasteiger partial charge in [0, 0.05) is 18.0 Å². The van der Waals surface area contributed by atoms with Crippen molar-refractivity contribution >= 4 is 17.6 Å². The molecule has 0 atom stereocenters. The molecule has 0 aliphatic heterocycles. The highest BCUT2D eigenvalue weighted by molar-refractivity contribution is 7.12. The Morgan fingerprint density at radius 1 is 1.58 bits per heavy atom. The summed E-state index contributed by atoms with van der Waals surface area (Å²) in [5, 5.41) is 1.88. The highest BCUT2D eigenvalue weighted by Gasteiger charge is 2.06. The molecule has 4 heteroatoms. The highest BCUT2D eigenvalue weighted by atomic mass is 32.1. The number of rotatable bonds is 2. The van der Waals surface area contributed by atoms with Crippen LogP contribution in [0.15, 0.2) is 23.8 Å². The van der Waals surface area contributed by atoms with E-state index in [4.69, 9.17) is 0 Å². The van der Waals surface area contributed by atoms with Crippen molar-refractivity contribution in [2.45, 2.75) is 0 Å². The van der Waals surface area contributed by atoms with Crippen LogP contribution in [0.4, 0.5) is 0 Å². The van der Waals surface area contributed by atoms with Crippen LogP contribution in [0.5, 0.6) is 0 Å². The van der Waals surface area contributed by atoms with Crippen molar-refractivity contribution in [3.05, 3.63) is 28.7 Å². The molecule has 0 saturated carbocycles. The van der Waals surface area contributed by atoms with Gasteiger partial charge in [-0.1, -0.05) is 0 Å². The Morgan fingerprint density at radius 3 is 3.17 bits per heavy atom. The third-order valence-corrected chi connectivity index (χ3v) is 2.40. The number of hydrogen-bond acceptors (Lipinski definition) is 3. The number of nitrogens with zero attached hydrogens (tertiary/aromatic N) is 1. The number of thiophene rings is 1. The van der Waals surface area contributed by atoms with E-state index >= 15 is 0 Å². The number of hydrogen-bond donors (Lipinski definition) is 1. The number of carbonyl (C=O) groups is 1. The number of nitrogens with one attached hydrogen (secondary N) is 1. The molecule has 0 bridgehead atoms. The van der Waals surface area contributed by atoms with Gasteiger partial charge in [0.05, 0.1) is 4.88 Å². The van der Waals surface area contributed by atoms with Crippen LogP contribution in [-0.2, 0) is 0 Å². The van der Waals surface area contributed by atoms with Gasteiger partial charge in [-0.3, -0.25) is 4.79 Å². The first-order valence-electron chi connectivity index (χ1n) is 3.44. The predicted octanol–water partition coefficient (Wildman–Crippen LogP) is 1.95. The summed E-state index contributed by atoms with van der Waals surface area (Å²) in [5.74, 6) is 0.748. The van der Waals surface area contributed by atoms with E-state index in [2.05, 4.69) is 9.97 Å². The van der Waals surface area contributed by atoms with Gasteiger partial charge in [-0.2, -0.15) is 0 Å². The van der Waals surface area contributed by atoms with E-state index in [0.29, 0.717) is 4.88 Å². The zero-order chi connectivity index (χ0) is 8.39. The smallest absolute Gasteiger partial charge is 0.160 e. The average Bonchev–Trinajstić information content (AvgIpc) is 2.74. The summed E-state index contributed by atoms with van der Waals surface area (Å²) in [5.41, 5.74) is 0.875. The highest BCUT2D eigenvalue weighted by Crippen LogP contribution is 2.23. The van der Waals surface area contributed by atoms with Gasteiger partial charge in [0.2, 0.25) is 0 Å². The van der Waals surface area contributed by atoms with Gasteiger partial charge >= 0.3 is 0 Å². The second-order valence-electron chi connectivity index (χ2n) is 2.25. The number of aromatic nitrogens is 2. The van der Waals surface area contributed by atoms with Crippen LogP contribution in [0.1, 0.15) is 9.67 Å². The van der Waals surface area contributed by atoms with E-state index in [1.54, 1.807) is 12.4 Å². The van der Waals surface area contributed by atoms with Gasteiger partial charge in [-0.25, -0.2) is 4.98 Å². The average molecular weight is 178 g/mol. The molecule has 0 aliphatic carbocycles. The summed E-state index contributed by atoms with van der Waals surface area (Å²) in [4.78, 5) is 18.3. The number of H-pyrrole nitrogens is 1. The zero-order valence-electron chi connectivity index (χ0n) is 6.15. The minimum absolute atomic E-state index is 0.713. The van der Waals surface area contributed by atoms with Crippen LogP contribution in [0.3, 0.4) is 0 Å². The van der Waals surface area contributed by atoms with E-state index in [0.717, 1.165) is 17.7 Å². The molecular weight excluding hydrogens is 172 g/mol. The van der Waals surface area contributed by atoms with Crippen molar-refractivity contribution in [2.75, 3.05) is 0 Å². The van der Waals surface area contributed by atoms with Crippen molar-refractivity contribution in [2.24, 2.45) is 0 Å². The fourth-order valence-corrected chi connectivity index (χ4v) is 1.72. The summed E-state index contributed by atoms with van der Waals surface area (Å²) < 4.78 is 0. The molecule has 60 valence electrons. The van der Waals surface area contributed by atoms with Gasteiger partial charge in [-0.15, -0.1) is 11.3 Å². The van der Waals surface area contributed by atoms with Gasteiger partial charge < -0.3 is 4.98 Å². The minimum Gasteiger partial charge on any atom is -0.345 e. The molecule has 12 heavy (non-hydrogen) atoms. The molecule has 2 heterocycles. The minimum atomic E-state index is 0.713. The van der Waals surface area contributed by atoms with Crippen LogP contribution in [0, 0.1) is 0 Å². The Kier molecular flexibility index (Phi) is 1.75. The van der Waals surface area contributed by atoms with Crippen molar-refractivity contribution in [1.29, 1.82) is 0 Å². The number of aldehydes is 1. The van der Waals surface area contributed by atoms with Crippen LogP contribution in [-0.4, -0.2) is 16.3 Å². The van der Waals surface area contributed by atoms with Crippen LogP contribution >= 0.6 is 11.3 Å². The molecule has 2 rings (SSSR count). The lowest BCUT2D eigenvalue weighted by Crippen LogP contribution is -1.81. The fraction of sp³-hybridized carbons (Fsp3) is 0. The number of imidazole rings is 1. The van der Waals surface area contributed by atoms with Crippen LogP contribution in [0.2, 0.25) is 0 Å². The molecule has 3 nitrogen and oxygen atoms in total. The maximum atomic E-state index is 10.6. The van der Waals surface area contributed by atoms with E-state index in [1.165, 1.54) is 11.3 Å². The lowest BCUT2D eigenvalue weighted by molar-refractivity contribution is 0.112. The summed E-state index contributed by atoms with van der Waals surface area (Å²) in [6.07, 6.45) is 4.26. The first-order chi connectivity index (χ1) is 5.92. The number of carbonyl (C=O) groups excluding carboxylic acids is 1. The third-order valence-electron chi connectivity index (χ3n) is 1.56. The van der Waals surface area contributed by atoms with E-state index in [-0.39, 0.29) is 0 Å². The van der Waals surface area contributed by atoms with Crippen LogP contribution < -0.4 is 0 Å². The van der Waals surface area contributed by atoms with Crippen molar-refractivity contribution < 1.29 is 4.79 Å². The molecule has 2 aromatic rings. The van der Waals surface area contributed by atoms with Gasteiger partial charge in [0.1, 0.15) is 5.82 Å². The summed E-state index contributed by atoms with van der Waals surface area (Å²) in [6, 6.07) is 1.88. The largest absolute Gasteiger partial charge is 0.345 e. The van der Waals surface area contributed by atoms with E-state index in [1.807, 2.05) is 11.4 Å². The monoisotopic (exact) mass is 178 g/mol. The topological polar surface area (TPSA) is 45.8 Å². The molecule has 0 fully saturated rings. The predicted molar refractivity (Wildman–Crippen MR) is 47.3 cm³/mol. The Bertz CT molecular complexity index is 377. The third kappa shape index (κ3) is 1.06. The Morgan fingerprint density at radius 2 is 2.50 bits per heavy atom. The quantitative estimate of drug-likeness (QED) is 0.714. The SMILES string of the molecule is O=Cc1sccc1-c1ncc[nH]1. The molecule has 0 saturated heterocycles. The van der Waals surface area contributed by atoms with Crippen molar-refractivity contribution in [1.82, 2.24) is 9.97 Å². The summed E-state index contributed by atoms with van der Waals surface area (Å²) >= 11 is 1.42. The van der Waals surface area contributed by atoms with Crippen molar-refractivity contribution in [3.8, 4) is 11.4 Å². The standard InChI is InChI=1S/C8H6N2OS/c11-5-7-6(1-4-12-7)8-9-2-3-10-8/h1-5H,(H,9,10). The Balaban J connectivity index is 2.53. The Hall–Kier alpha value is -1.42. The van der Waals surface area contributed by atoms with Crippen molar-refractivity contribution in [3.63, 3.8) is 0 Å². The lowest BCUT2D eigenvalue weighted by atomic mass is 10.2. The van der Waals surface area contributed by atoms with Gasteiger partial charge in [-0.05, 0) is 11.4 Å². The number of aromatic amines is 1.